The maximum Gasteiger partial charge on any atom is 0.226 e. The number of carbonyl (C=O) groups is 2. The summed E-state index contributed by atoms with van der Waals surface area (Å²) in [4.78, 5) is 21.8. The van der Waals surface area contributed by atoms with Gasteiger partial charge in [-0.3, -0.25) is 14.9 Å². The number of hydrogen-bond donors (Lipinski definition) is 1. The van der Waals surface area contributed by atoms with Crippen LogP contribution in [0.1, 0.15) is 90.9 Å². The van der Waals surface area contributed by atoms with Gasteiger partial charge in [0.15, 0.2) is 0 Å². The van der Waals surface area contributed by atoms with Crippen LogP contribution in [0.2, 0.25) is 0 Å². The Labute approximate surface area is 118 Å². The van der Waals surface area contributed by atoms with Crippen molar-refractivity contribution < 1.29 is 9.59 Å². The second-order valence-corrected chi connectivity index (χ2v) is 5.39. The molecule has 0 heterocycles. The SMILES string of the molecule is CCCCCCCCCCCCCC(=O)NC(C)=O. The molecule has 0 rings (SSSR count). The maximum absolute atomic E-state index is 11.2. The standard InChI is InChI=1S/C16H31NO2/c1-3-4-5-6-7-8-9-10-11-12-13-14-16(19)17-15(2)18/h3-14H2,1-2H3,(H,17,18,19). The molecule has 112 valence electrons. The van der Waals surface area contributed by atoms with Crippen molar-refractivity contribution in [1.82, 2.24) is 5.32 Å². The Morgan fingerprint density at radius 3 is 1.58 bits per heavy atom. The molecule has 0 bridgehead atoms. The molecule has 2 amide bonds. The Kier molecular flexibility index (Phi) is 13.0. The number of imide groups is 1. The molecule has 0 aromatic carbocycles. The lowest BCUT2D eigenvalue weighted by atomic mass is 10.1. The highest BCUT2D eigenvalue weighted by molar-refractivity contribution is 5.93. The van der Waals surface area contributed by atoms with E-state index < -0.39 is 0 Å². The van der Waals surface area contributed by atoms with Gasteiger partial charge in [-0.05, 0) is 6.42 Å². The molecule has 0 saturated carbocycles. The lowest BCUT2D eigenvalue weighted by molar-refractivity contribution is -0.129. The van der Waals surface area contributed by atoms with Crippen LogP contribution in [0.3, 0.4) is 0 Å². The molecule has 0 fully saturated rings. The van der Waals surface area contributed by atoms with Crippen molar-refractivity contribution in [2.45, 2.75) is 90.9 Å². The molecule has 0 radical (unpaired) electrons. The van der Waals surface area contributed by atoms with E-state index in [9.17, 15) is 9.59 Å². The van der Waals surface area contributed by atoms with Gasteiger partial charge in [0.1, 0.15) is 0 Å². The molecule has 1 N–H and O–H groups in total. The van der Waals surface area contributed by atoms with E-state index in [0.29, 0.717) is 6.42 Å². The quantitative estimate of drug-likeness (QED) is 0.535. The largest absolute Gasteiger partial charge is 0.297 e. The second kappa shape index (κ2) is 13.6. The van der Waals surface area contributed by atoms with Gasteiger partial charge in [0, 0.05) is 13.3 Å². The predicted molar refractivity (Wildman–Crippen MR) is 79.9 cm³/mol. The third-order valence-corrected chi connectivity index (χ3v) is 3.32. The van der Waals surface area contributed by atoms with Crippen molar-refractivity contribution in [3.63, 3.8) is 0 Å². The Balaban J connectivity index is 3.10. The summed E-state index contributed by atoms with van der Waals surface area (Å²) < 4.78 is 0. The number of nitrogens with one attached hydrogen (secondary N) is 1. The average Bonchev–Trinajstić information content (AvgIpc) is 2.35. The van der Waals surface area contributed by atoms with Gasteiger partial charge in [0.2, 0.25) is 11.8 Å². The van der Waals surface area contributed by atoms with Crippen molar-refractivity contribution in [2.75, 3.05) is 0 Å². The molecular weight excluding hydrogens is 238 g/mol. The Morgan fingerprint density at radius 2 is 1.16 bits per heavy atom. The van der Waals surface area contributed by atoms with E-state index in [-0.39, 0.29) is 11.8 Å². The minimum Gasteiger partial charge on any atom is -0.297 e. The normalized spacial score (nSPS) is 10.4. The van der Waals surface area contributed by atoms with Gasteiger partial charge in [0.25, 0.3) is 0 Å². The summed E-state index contributed by atoms with van der Waals surface area (Å²) in [5.74, 6) is -0.392. The van der Waals surface area contributed by atoms with Crippen LogP contribution in [0, 0.1) is 0 Å². The second-order valence-electron chi connectivity index (χ2n) is 5.39. The molecule has 0 aliphatic carbocycles. The van der Waals surface area contributed by atoms with Crippen molar-refractivity contribution in [2.24, 2.45) is 0 Å². The number of amides is 2. The highest BCUT2D eigenvalue weighted by Crippen LogP contribution is 2.11. The highest BCUT2D eigenvalue weighted by Gasteiger charge is 2.02. The maximum atomic E-state index is 11.2. The lowest BCUT2D eigenvalue weighted by Gasteiger charge is -2.03. The van der Waals surface area contributed by atoms with Gasteiger partial charge < -0.3 is 0 Å². The van der Waals surface area contributed by atoms with E-state index >= 15 is 0 Å². The summed E-state index contributed by atoms with van der Waals surface area (Å²) in [5.41, 5.74) is 0. The van der Waals surface area contributed by atoms with Crippen molar-refractivity contribution >= 4 is 11.8 Å². The molecule has 3 nitrogen and oxygen atoms in total. The highest BCUT2D eigenvalue weighted by atomic mass is 16.2. The Bertz CT molecular complexity index is 239. The first-order chi connectivity index (χ1) is 9.16. The van der Waals surface area contributed by atoms with Gasteiger partial charge in [-0.25, -0.2) is 0 Å². The summed E-state index contributed by atoms with van der Waals surface area (Å²) in [6.45, 7) is 3.62. The molecule has 0 aromatic heterocycles. The van der Waals surface area contributed by atoms with Crippen LogP contribution in [-0.4, -0.2) is 11.8 Å². The molecule has 0 saturated heterocycles. The average molecular weight is 269 g/mol. The zero-order valence-electron chi connectivity index (χ0n) is 12.8. The first-order valence-electron chi connectivity index (χ1n) is 7.97. The van der Waals surface area contributed by atoms with Crippen LogP contribution in [0.4, 0.5) is 0 Å². The van der Waals surface area contributed by atoms with Gasteiger partial charge in [-0.2, -0.15) is 0 Å². The molecule has 0 aromatic rings. The minimum absolute atomic E-state index is 0.136. The summed E-state index contributed by atoms with van der Waals surface area (Å²) in [6, 6.07) is 0. The molecule has 0 aliphatic rings. The van der Waals surface area contributed by atoms with Crippen LogP contribution in [-0.2, 0) is 9.59 Å². The van der Waals surface area contributed by atoms with E-state index in [1.165, 1.54) is 64.7 Å². The van der Waals surface area contributed by atoms with Crippen molar-refractivity contribution in [1.29, 1.82) is 0 Å². The van der Waals surface area contributed by atoms with E-state index in [2.05, 4.69) is 12.2 Å². The minimum atomic E-state index is -0.256. The third kappa shape index (κ3) is 15.1. The number of hydrogen-bond acceptors (Lipinski definition) is 2. The Morgan fingerprint density at radius 1 is 0.737 bits per heavy atom. The zero-order chi connectivity index (χ0) is 14.3. The topological polar surface area (TPSA) is 46.2 Å². The molecule has 0 unspecified atom stereocenters. The van der Waals surface area contributed by atoms with Gasteiger partial charge >= 0.3 is 0 Å². The van der Waals surface area contributed by atoms with Crippen LogP contribution in [0.5, 0.6) is 0 Å². The van der Waals surface area contributed by atoms with Crippen molar-refractivity contribution in [3.8, 4) is 0 Å². The van der Waals surface area contributed by atoms with Crippen LogP contribution < -0.4 is 5.32 Å². The van der Waals surface area contributed by atoms with Crippen LogP contribution in [0.25, 0.3) is 0 Å². The fraction of sp³-hybridized carbons (Fsp3) is 0.875. The van der Waals surface area contributed by atoms with E-state index in [1.807, 2.05) is 0 Å². The fourth-order valence-corrected chi connectivity index (χ4v) is 2.21. The van der Waals surface area contributed by atoms with E-state index in [1.54, 1.807) is 0 Å². The summed E-state index contributed by atoms with van der Waals surface area (Å²) >= 11 is 0. The van der Waals surface area contributed by atoms with E-state index in [0.717, 1.165) is 12.8 Å². The summed E-state index contributed by atoms with van der Waals surface area (Å²) in [7, 11) is 0. The first-order valence-corrected chi connectivity index (χ1v) is 7.97. The molecule has 19 heavy (non-hydrogen) atoms. The smallest absolute Gasteiger partial charge is 0.226 e. The van der Waals surface area contributed by atoms with Crippen LogP contribution >= 0.6 is 0 Å². The summed E-state index contributed by atoms with van der Waals surface area (Å²) in [6.07, 6.45) is 14.5. The predicted octanol–water partition coefficient (Wildman–Crippen LogP) is 4.35. The van der Waals surface area contributed by atoms with Gasteiger partial charge in [0.05, 0.1) is 0 Å². The number of rotatable bonds is 12. The first kappa shape index (κ1) is 18.1. The summed E-state index contributed by atoms with van der Waals surface area (Å²) in [5, 5.41) is 2.30. The number of carbonyl (C=O) groups excluding carboxylic acids is 2. The zero-order valence-corrected chi connectivity index (χ0v) is 12.8. The lowest BCUT2D eigenvalue weighted by Crippen LogP contribution is -2.27. The number of unbranched alkanes of at least 4 members (excludes halogenated alkanes) is 10. The van der Waals surface area contributed by atoms with Gasteiger partial charge in [-0.1, -0.05) is 71.1 Å². The molecule has 0 aliphatic heterocycles. The fourth-order valence-electron chi connectivity index (χ4n) is 2.21. The van der Waals surface area contributed by atoms with Crippen LogP contribution in [0.15, 0.2) is 0 Å². The Hall–Kier alpha value is -0.860. The van der Waals surface area contributed by atoms with Crippen molar-refractivity contribution in [3.05, 3.63) is 0 Å². The molecular formula is C16H31NO2. The van der Waals surface area contributed by atoms with E-state index in [4.69, 9.17) is 0 Å². The monoisotopic (exact) mass is 269 g/mol. The van der Waals surface area contributed by atoms with Gasteiger partial charge in [-0.15, -0.1) is 0 Å². The third-order valence-electron chi connectivity index (χ3n) is 3.32. The molecule has 0 atom stereocenters. The molecule has 0 spiro atoms. The molecule has 3 heteroatoms.